The molecule has 0 radical (unpaired) electrons. The van der Waals surface area contributed by atoms with Gasteiger partial charge in [0, 0.05) is 7.05 Å². The summed E-state index contributed by atoms with van der Waals surface area (Å²) in [5.74, 6) is -0.191. The minimum Gasteiger partial charge on any atom is -0.487 e. The number of hydrogen-bond acceptors (Lipinski definition) is 3. The Morgan fingerprint density at radius 1 is 1.25 bits per heavy atom. The molecule has 2 rings (SSSR count). The van der Waals surface area contributed by atoms with Gasteiger partial charge in [-0.3, -0.25) is 4.68 Å². The van der Waals surface area contributed by atoms with E-state index in [2.05, 4.69) is 17.2 Å². The molecule has 0 aliphatic heterocycles. The number of aromatic carboxylic acids is 1. The highest BCUT2D eigenvalue weighted by Gasteiger charge is 2.12. The van der Waals surface area contributed by atoms with Crippen LogP contribution in [0.5, 0.6) is 5.75 Å². The number of aryl methyl sites for hydroxylation is 4. The number of ether oxygens (including phenoxy) is 1. The molecule has 1 heterocycles. The van der Waals surface area contributed by atoms with Gasteiger partial charge < -0.3 is 9.84 Å². The maximum Gasteiger partial charge on any atom is 0.356 e. The molecule has 106 valence electrons. The number of aromatic nitrogens is 2. The van der Waals surface area contributed by atoms with Gasteiger partial charge in [0.25, 0.3) is 0 Å². The fourth-order valence-electron chi connectivity index (χ4n) is 2.29. The molecule has 0 aliphatic rings. The van der Waals surface area contributed by atoms with Crippen molar-refractivity contribution in [2.24, 2.45) is 7.05 Å². The van der Waals surface area contributed by atoms with Crippen LogP contribution in [-0.4, -0.2) is 20.9 Å². The highest BCUT2D eigenvalue weighted by Crippen LogP contribution is 2.25. The number of rotatable bonds is 4. The molecule has 1 aromatic heterocycles. The second-order valence-electron chi connectivity index (χ2n) is 4.97. The Balaban J connectivity index is 2.19. The summed E-state index contributed by atoms with van der Waals surface area (Å²) in [6, 6.07) is 5.66. The van der Waals surface area contributed by atoms with Crippen molar-refractivity contribution < 1.29 is 14.6 Å². The summed E-state index contributed by atoms with van der Waals surface area (Å²) in [5.41, 5.74) is 4.09. The van der Waals surface area contributed by atoms with Crippen LogP contribution in [-0.2, 0) is 13.7 Å². The van der Waals surface area contributed by atoms with Crippen LogP contribution in [0.4, 0.5) is 0 Å². The van der Waals surface area contributed by atoms with Crippen LogP contribution in [0.15, 0.2) is 18.2 Å². The number of benzene rings is 1. The van der Waals surface area contributed by atoms with Crippen LogP contribution in [0.25, 0.3) is 0 Å². The van der Waals surface area contributed by atoms with Crippen LogP contribution in [0.3, 0.4) is 0 Å². The van der Waals surface area contributed by atoms with E-state index in [0.717, 1.165) is 22.6 Å². The van der Waals surface area contributed by atoms with Gasteiger partial charge in [0.2, 0.25) is 0 Å². The number of carboxylic acids is 1. The van der Waals surface area contributed by atoms with E-state index in [1.54, 1.807) is 7.05 Å². The van der Waals surface area contributed by atoms with E-state index >= 15 is 0 Å². The standard InChI is InChI=1S/C15H18N2O3/c1-9-5-10(2)14(11(3)6-9)20-8-12-7-13(15(18)19)16-17(12)4/h5-7H,8H2,1-4H3,(H,18,19). The number of carbonyl (C=O) groups is 1. The monoisotopic (exact) mass is 274 g/mol. The molecule has 0 amide bonds. The molecule has 0 bridgehead atoms. The summed E-state index contributed by atoms with van der Waals surface area (Å²) in [6.07, 6.45) is 0. The number of hydrogen-bond donors (Lipinski definition) is 1. The van der Waals surface area contributed by atoms with Crippen molar-refractivity contribution in [2.45, 2.75) is 27.4 Å². The van der Waals surface area contributed by atoms with E-state index in [9.17, 15) is 4.79 Å². The largest absolute Gasteiger partial charge is 0.487 e. The van der Waals surface area contributed by atoms with Crippen molar-refractivity contribution in [3.63, 3.8) is 0 Å². The van der Waals surface area contributed by atoms with E-state index in [1.165, 1.54) is 16.3 Å². The molecule has 0 saturated heterocycles. The van der Waals surface area contributed by atoms with Gasteiger partial charge in [-0.05, 0) is 38.0 Å². The van der Waals surface area contributed by atoms with Gasteiger partial charge >= 0.3 is 5.97 Å². The van der Waals surface area contributed by atoms with Crippen LogP contribution < -0.4 is 4.74 Å². The summed E-state index contributed by atoms with van der Waals surface area (Å²) < 4.78 is 7.36. The lowest BCUT2D eigenvalue weighted by Crippen LogP contribution is -2.05. The van der Waals surface area contributed by atoms with Gasteiger partial charge in [-0.2, -0.15) is 5.10 Å². The minimum atomic E-state index is -1.03. The lowest BCUT2D eigenvalue weighted by Gasteiger charge is -2.13. The van der Waals surface area contributed by atoms with Gasteiger partial charge in [-0.1, -0.05) is 17.7 Å². The Labute approximate surface area is 117 Å². The molecule has 0 fully saturated rings. The zero-order valence-corrected chi connectivity index (χ0v) is 12.1. The third-order valence-corrected chi connectivity index (χ3v) is 3.16. The van der Waals surface area contributed by atoms with E-state index < -0.39 is 5.97 Å². The lowest BCUT2D eigenvalue weighted by molar-refractivity contribution is 0.0689. The van der Waals surface area contributed by atoms with Crippen molar-refractivity contribution in [1.82, 2.24) is 9.78 Å². The third-order valence-electron chi connectivity index (χ3n) is 3.16. The zero-order chi connectivity index (χ0) is 14.9. The van der Waals surface area contributed by atoms with Crippen molar-refractivity contribution in [3.05, 3.63) is 46.3 Å². The van der Waals surface area contributed by atoms with Crippen LogP contribution in [0, 0.1) is 20.8 Å². The molecule has 1 aromatic carbocycles. The maximum atomic E-state index is 10.9. The molecule has 5 nitrogen and oxygen atoms in total. The van der Waals surface area contributed by atoms with Gasteiger partial charge in [-0.25, -0.2) is 4.79 Å². The smallest absolute Gasteiger partial charge is 0.356 e. The molecule has 20 heavy (non-hydrogen) atoms. The second-order valence-corrected chi connectivity index (χ2v) is 4.97. The summed E-state index contributed by atoms with van der Waals surface area (Å²) in [4.78, 5) is 10.9. The Kier molecular flexibility index (Phi) is 3.79. The van der Waals surface area contributed by atoms with Crippen molar-refractivity contribution in [3.8, 4) is 5.75 Å². The van der Waals surface area contributed by atoms with Crippen LogP contribution in [0.2, 0.25) is 0 Å². The number of carboxylic acid groups (broad SMARTS) is 1. The predicted octanol–water partition coefficient (Wildman–Crippen LogP) is 2.62. The topological polar surface area (TPSA) is 64.3 Å². The summed E-state index contributed by atoms with van der Waals surface area (Å²) >= 11 is 0. The highest BCUT2D eigenvalue weighted by molar-refractivity contribution is 5.85. The maximum absolute atomic E-state index is 10.9. The summed E-state index contributed by atoms with van der Waals surface area (Å²) in [6.45, 7) is 6.34. The Bertz CT molecular complexity index is 636. The van der Waals surface area contributed by atoms with Crippen LogP contribution >= 0.6 is 0 Å². The van der Waals surface area contributed by atoms with Gasteiger partial charge in [-0.15, -0.1) is 0 Å². The fraction of sp³-hybridized carbons (Fsp3) is 0.333. The van der Waals surface area contributed by atoms with E-state index in [-0.39, 0.29) is 5.69 Å². The van der Waals surface area contributed by atoms with Crippen molar-refractivity contribution in [1.29, 1.82) is 0 Å². The second kappa shape index (κ2) is 5.36. The first kappa shape index (κ1) is 14.1. The van der Waals surface area contributed by atoms with Gasteiger partial charge in [0.05, 0.1) is 5.69 Å². The Morgan fingerprint density at radius 3 is 2.35 bits per heavy atom. The molecule has 0 saturated carbocycles. The number of nitrogens with zero attached hydrogens (tertiary/aromatic N) is 2. The predicted molar refractivity (Wildman–Crippen MR) is 75.2 cm³/mol. The molecule has 0 spiro atoms. The fourth-order valence-corrected chi connectivity index (χ4v) is 2.29. The minimum absolute atomic E-state index is 0.0310. The molecule has 0 atom stereocenters. The average Bonchev–Trinajstić information content (AvgIpc) is 2.70. The summed E-state index contributed by atoms with van der Waals surface area (Å²) in [5, 5.41) is 12.8. The molecule has 2 aromatic rings. The summed E-state index contributed by atoms with van der Waals surface area (Å²) in [7, 11) is 1.71. The first-order valence-corrected chi connectivity index (χ1v) is 6.35. The quantitative estimate of drug-likeness (QED) is 0.930. The van der Waals surface area contributed by atoms with E-state index in [4.69, 9.17) is 9.84 Å². The normalized spacial score (nSPS) is 10.6. The van der Waals surface area contributed by atoms with Crippen molar-refractivity contribution >= 4 is 5.97 Å². The zero-order valence-electron chi connectivity index (χ0n) is 12.1. The van der Waals surface area contributed by atoms with E-state index in [0.29, 0.717) is 6.61 Å². The molecule has 5 heteroatoms. The van der Waals surface area contributed by atoms with Crippen molar-refractivity contribution in [2.75, 3.05) is 0 Å². The molecular formula is C15H18N2O3. The average molecular weight is 274 g/mol. The highest BCUT2D eigenvalue weighted by atomic mass is 16.5. The lowest BCUT2D eigenvalue weighted by atomic mass is 10.1. The Morgan fingerprint density at radius 2 is 1.85 bits per heavy atom. The molecule has 0 unspecified atom stereocenters. The van der Waals surface area contributed by atoms with Crippen LogP contribution in [0.1, 0.15) is 32.9 Å². The first-order chi connectivity index (χ1) is 9.38. The first-order valence-electron chi connectivity index (χ1n) is 6.35. The Hall–Kier alpha value is -2.30. The van der Waals surface area contributed by atoms with E-state index in [1.807, 2.05) is 20.8 Å². The molecular weight excluding hydrogens is 256 g/mol. The molecule has 0 aliphatic carbocycles. The van der Waals surface area contributed by atoms with Gasteiger partial charge in [0.1, 0.15) is 12.4 Å². The molecule has 1 N–H and O–H groups in total. The van der Waals surface area contributed by atoms with Gasteiger partial charge in [0.15, 0.2) is 5.69 Å². The SMILES string of the molecule is Cc1cc(C)c(OCc2cc(C(=O)O)nn2C)c(C)c1. The third kappa shape index (κ3) is 2.82.